The van der Waals surface area contributed by atoms with Crippen LogP contribution in [-0.2, 0) is 4.79 Å². The first-order chi connectivity index (χ1) is 9.45. The van der Waals surface area contributed by atoms with Gasteiger partial charge in [-0.05, 0) is 47.0 Å². The standard InChI is InChI=1S/C14H16BrClN2OS/c15-10-5-4-9(8-11(10)16)18-13(19)14(12(17)20)6-2-1-3-7-14/h4-5,8H,1-3,6-7H2,(H2,17,20)(H,18,19). The predicted molar refractivity (Wildman–Crippen MR) is 90.1 cm³/mol. The molecule has 1 saturated carbocycles. The van der Waals surface area contributed by atoms with Crippen molar-refractivity contribution in [3.05, 3.63) is 27.7 Å². The van der Waals surface area contributed by atoms with Gasteiger partial charge in [-0.2, -0.15) is 0 Å². The van der Waals surface area contributed by atoms with Crippen molar-refractivity contribution in [2.75, 3.05) is 5.32 Å². The number of carbonyl (C=O) groups excluding carboxylic acids is 1. The summed E-state index contributed by atoms with van der Waals surface area (Å²) in [5.74, 6) is -0.122. The third kappa shape index (κ3) is 3.15. The number of hydrogen-bond acceptors (Lipinski definition) is 2. The summed E-state index contributed by atoms with van der Waals surface area (Å²) in [7, 11) is 0. The zero-order chi connectivity index (χ0) is 14.8. The van der Waals surface area contributed by atoms with Crippen LogP contribution in [-0.4, -0.2) is 10.9 Å². The molecule has 0 radical (unpaired) electrons. The Bertz CT molecular complexity index is 544. The summed E-state index contributed by atoms with van der Waals surface area (Å²) in [6.07, 6.45) is 4.52. The highest BCUT2D eigenvalue weighted by Gasteiger charge is 2.42. The van der Waals surface area contributed by atoms with Gasteiger partial charge in [-0.15, -0.1) is 0 Å². The number of amides is 1. The first kappa shape index (κ1) is 15.7. The van der Waals surface area contributed by atoms with Gasteiger partial charge in [-0.25, -0.2) is 0 Å². The van der Waals surface area contributed by atoms with Gasteiger partial charge in [0.05, 0.1) is 15.4 Å². The van der Waals surface area contributed by atoms with E-state index in [1.54, 1.807) is 18.2 Å². The predicted octanol–water partition coefficient (Wildman–Crippen LogP) is 4.28. The molecule has 0 unspecified atom stereocenters. The van der Waals surface area contributed by atoms with Gasteiger partial charge >= 0.3 is 0 Å². The first-order valence-electron chi connectivity index (χ1n) is 6.52. The Balaban J connectivity index is 2.20. The molecule has 1 aliphatic rings. The van der Waals surface area contributed by atoms with E-state index in [0.29, 0.717) is 10.7 Å². The van der Waals surface area contributed by atoms with E-state index in [4.69, 9.17) is 29.6 Å². The number of benzene rings is 1. The van der Waals surface area contributed by atoms with E-state index in [-0.39, 0.29) is 10.9 Å². The van der Waals surface area contributed by atoms with Gasteiger partial charge in [0, 0.05) is 10.2 Å². The van der Waals surface area contributed by atoms with Crippen molar-refractivity contribution >= 4 is 56.3 Å². The van der Waals surface area contributed by atoms with Gasteiger partial charge in [0.25, 0.3) is 0 Å². The highest BCUT2D eigenvalue weighted by Crippen LogP contribution is 2.38. The molecule has 0 aromatic heterocycles. The molecule has 1 aromatic carbocycles. The Labute approximate surface area is 137 Å². The van der Waals surface area contributed by atoms with Crippen LogP contribution in [0, 0.1) is 5.41 Å². The molecule has 1 aliphatic carbocycles. The van der Waals surface area contributed by atoms with E-state index >= 15 is 0 Å². The van der Waals surface area contributed by atoms with Crippen LogP contribution in [0.5, 0.6) is 0 Å². The molecule has 6 heteroatoms. The second-order valence-corrected chi connectivity index (χ2v) is 6.79. The minimum atomic E-state index is -0.715. The second-order valence-electron chi connectivity index (χ2n) is 5.09. The normalized spacial score (nSPS) is 17.5. The highest BCUT2D eigenvalue weighted by molar-refractivity contribution is 9.10. The van der Waals surface area contributed by atoms with Crippen LogP contribution < -0.4 is 11.1 Å². The summed E-state index contributed by atoms with van der Waals surface area (Å²) in [6, 6.07) is 5.30. The molecule has 0 atom stereocenters. The summed E-state index contributed by atoms with van der Waals surface area (Å²) < 4.78 is 0.791. The molecule has 108 valence electrons. The number of hydrogen-bond donors (Lipinski definition) is 2. The van der Waals surface area contributed by atoms with Gasteiger partial charge < -0.3 is 11.1 Å². The van der Waals surface area contributed by atoms with E-state index in [9.17, 15) is 4.79 Å². The Hall–Kier alpha value is -0.650. The average molecular weight is 376 g/mol. The molecule has 20 heavy (non-hydrogen) atoms. The number of anilines is 1. The van der Waals surface area contributed by atoms with Crippen LogP contribution in [0.4, 0.5) is 5.69 Å². The number of thiocarbonyl (C=S) groups is 1. The van der Waals surface area contributed by atoms with Crippen LogP contribution in [0.3, 0.4) is 0 Å². The fourth-order valence-corrected chi connectivity index (χ4v) is 3.29. The SMILES string of the molecule is NC(=S)C1(C(=O)Nc2ccc(Br)c(Cl)c2)CCCCC1. The topological polar surface area (TPSA) is 55.1 Å². The molecule has 0 bridgehead atoms. The maximum absolute atomic E-state index is 12.6. The minimum Gasteiger partial charge on any atom is -0.392 e. The van der Waals surface area contributed by atoms with E-state index in [1.807, 2.05) is 0 Å². The van der Waals surface area contributed by atoms with Crippen LogP contribution in [0.1, 0.15) is 32.1 Å². The van der Waals surface area contributed by atoms with E-state index < -0.39 is 5.41 Å². The monoisotopic (exact) mass is 374 g/mol. The molecule has 1 fully saturated rings. The first-order valence-corrected chi connectivity index (χ1v) is 8.10. The Morgan fingerprint density at radius 2 is 2.00 bits per heavy atom. The summed E-state index contributed by atoms with van der Waals surface area (Å²) in [4.78, 5) is 12.9. The lowest BCUT2D eigenvalue weighted by molar-refractivity contribution is -0.123. The van der Waals surface area contributed by atoms with E-state index in [0.717, 1.165) is 36.6 Å². The third-order valence-electron chi connectivity index (χ3n) is 3.79. The second kappa shape index (κ2) is 6.41. The van der Waals surface area contributed by atoms with Crippen molar-refractivity contribution in [1.82, 2.24) is 0 Å². The third-order valence-corrected chi connectivity index (χ3v) is 5.41. The minimum absolute atomic E-state index is 0.122. The smallest absolute Gasteiger partial charge is 0.237 e. The summed E-state index contributed by atoms with van der Waals surface area (Å²) in [6.45, 7) is 0. The number of carbonyl (C=O) groups is 1. The zero-order valence-corrected chi connectivity index (χ0v) is 14.1. The van der Waals surface area contributed by atoms with Gasteiger partial charge in [0.1, 0.15) is 0 Å². The Morgan fingerprint density at radius 1 is 1.35 bits per heavy atom. The summed E-state index contributed by atoms with van der Waals surface area (Å²) in [5, 5.41) is 3.44. The van der Waals surface area contributed by atoms with Gasteiger partial charge in [0.15, 0.2) is 0 Å². The van der Waals surface area contributed by atoms with Gasteiger partial charge in [-0.1, -0.05) is 43.1 Å². The number of halogens is 2. The molecular formula is C14H16BrClN2OS. The van der Waals surface area contributed by atoms with Crippen molar-refractivity contribution in [2.45, 2.75) is 32.1 Å². The van der Waals surface area contributed by atoms with Crippen molar-refractivity contribution < 1.29 is 4.79 Å². The van der Waals surface area contributed by atoms with Crippen LogP contribution in [0.15, 0.2) is 22.7 Å². The number of rotatable bonds is 3. The molecule has 0 saturated heterocycles. The quantitative estimate of drug-likeness (QED) is 0.775. The van der Waals surface area contributed by atoms with Crippen molar-refractivity contribution in [1.29, 1.82) is 0 Å². The molecule has 3 nitrogen and oxygen atoms in total. The Morgan fingerprint density at radius 3 is 2.55 bits per heavy atom. The maximum atomic E-state index is 12.6. The van der Waals surface area contributed by atoms with Gasteiger partial charge in [0.2, 0.25) is 5.91 Å². The Kier molecular flexibility index (Phi) is 5.04. The lowest BCUT2D eigenvalue weighted by Crippen LogP contribution is -2.47. The number of nitrogens with one attached hydrogen (secondary N) is 1. The lowest BCUT2D eigenvalue weighted by atomic mass is 9.73. The molecule has 0 heterocycles. The molecule has 1 amide bonds. The summed E-state index contributed by atoms with van der Waals surface area (Å²) >= 11 is 14.5. The molecule has 2 rings (SSSR count). The molecule has 0 aliphatic heterocycles. The number of nitrogens with two attached hydrogens (primary N) is 1. The molecular weight excluding hydrogens is 360 g/mol. The molecule has 3 N–H and O–H groups in total. The van der Waals surface area contributed by atoms with Crippen molar-refractivity contribution in [3.63, 3.8) is 0 Å². The van der Waals surface area contributed by atoms with Gasteiger partial charge in [-0.3, -0.25) is 4.79 Å². The van der Waals surface area contributed by atoms with Crippen LogP contribution in [0.25, 0.3) is 0 Å². The molecule has 1 aromatic rings. The van der Waals surface area contributed by atoms with Crippen LogP contribution >= 0.6 is 39.7 Å². The maximum Gasteiger partial charge on any atom is 0.237 e. The average Bonchev–Trinajstić information content (AvgIpc) is 2.43. The van der Waals surface area contributed by atoms with E-state index in [1.165, 1.54) is 0 Å². The fourth-order valence-electron chi connectivity index (χ4n) is 2.57. The lowest BCUT2D eigenvalue weighted by Gasteiger charge is -2.34. The molecule has 0 spiro atoms. The van der Waals surface area contributed by atoms with Crippen molar-refractivity contribution in [3.8, 4) is 0 Å². The van der Waals surface area contributed by atoms with Crippen LogP contribution in [0.2, 0.25) is 5.02 Å². The zero-order valence-electron chi connectivity index (χ0n) is 10.9. The largest absolute Gasteiger partial charge is 0.392 e. The van der Waals surface area contributed by atoms with E-state index in [2.05, 4.69) is 21.2 Å². The summed E-state index contributed by atoms with van der Waals surface area (Å²) in [5.41, 5.74) is 5.79. The van der Waals surface area contributed by atoms with Crippen molar-refractivity contribution in [2.24, 2.45) is 11.1 Å². The highest BCUT2D eigenvalue weighted by atomic mass is 79.9. The fraction of sp³-hybridized carbons (Fsp3) is 0.429.